The molecule has 2 aromatic carbocycles. The molecule has 0 heterocycles. The minimum atomic E-state index is -3.37. The van der Waals surface area contributed by atoms with Crippen LogP contribution in [0.1, 0.15) is 41.4 Å². The van der Waals surface area contributed by atoms with E-state index in [0.29, 0.717) is 11.3 Å². The molecule has 0 saturated heterocycles. The monoisotopic (exact) mass is 346 g/mol. The standard InChI is InChI=1S/C18H22N2O3S/c1-4-14-8-10-15(11-9-14)13(2)19-18(21)16-6-5-7-17(12-16)20-24(3,22)23/h5-13,20H,4H2,1-3H3,(H,19,21). The van der Waals surface area contributed by atoms with E-state index in [4.69, 9.17) is 0 Å². The summed E-state index contributed by atoms with van der Waals surface area (Å²) in [5, 5.41) is 2.92. The lowest BCUT2D eigenvalue weighted by Crippen LogP contribution is -2.26. The maximum absolute atomic E-state index is 12.4. The molecule has 2 aromatic rings. The second-order valence-corrected chi connectivity index (χ2v) is 7.49. The predicted molar refractivity (Wildman–Crippen MR) is 96.6 cm³/mol. The highest BCUT2D eigenvalue weighted by atomic mass is 32.2. The molecule has 0 aliphatic heterocycles. The van der Waals surface area contributed by atoms with Gasteiger partial charge in [0.2, 0.25) is 10.0 Å². The molecule has 1 amide bonds. The third kappa shape index (κ3) is 5.09. The Hall–Kier alpha value is -2.34. The van der Waals surface area contributed by atoms with E-state index in [-0.39, 0.29) is 11.9 Å². The molecule has 0 aliphatic carbocycles. The van der Waals surface area contributed by atoms with Crippen LogP contribution in [0, 0.1) is 0 Å². The Balaban J connectivity index is 2.09. The maximum atomic E-state index is 12.4. The van der Waals surface area contributed by atoms with Gasteiger partial charge in [0, 0.05) is 11.3 Å². The molecular formula is C18H22N2O3S. The van der Waals surface area contributed by atoms with Crippen LogP contribution in [0.2, 0.25) is 0 Å². The first-order valence-electron chi connectivity index (χ1n) is 7.76. The Morgan fingerprint density at radius 2 is 1.79 bits per heavy atom. The van der Waals surface area contributed by atoms with Gasteiger partial charge in [-0.15, -0.1) is 0 Å². The zero-order chi connectivity index (χ0) is 17.7. The van der Waals surface area contributed by atoms with Crippen molar-refractivity contribution in [2.24, 2.45) is 0 Å². The molecule has 2 rings (SSSR count). The summed E-state index contributed by atoms with van der Waals surface area (Å²) in [6.07, 6.45) is 2.04. The number of aryl methyl sites for hydroxylation is 1. The van der Waals surface area contributed by atoms with E-state index in [0.717, 1.165) is 18.2 Å². The number of benzene rings is 2. The highest BCUT2D eigenvalue weighted by Gasteiger charge is 2.12. The van der Waals surface area contributed by atoms with Gasteiger partial charge in [-0.3, -0.25) is 9.52 Å². The van der Waals surface area contributed by atoms with Crippen LogP contribution in [-0.2, 0) is 16.4 Å². The van der Waals surface area contributed by atoms with Crippen molar-refractivity contribution >= 4 is 21.6 Å². The number of sulfonamides is 1. The summed E-state index contributed by atoms with van der Waals surface area (Å²) in [4.78, 5) is 12.4. The average molecular weight is 346 g/mol. The van der Waals surface area contributed by atoms with E-state index in [1.807, 2.05) is 19.1 Å². The van der Waals surface area contributed by atoms with E-state index in [1.165, 1.54) is 11.6 Å². The summed E-state index contributed by atoms with van der Waals surface area (Å²) < 4.78 is 24.9. The number of hydrogen-bond donors (Lipinski definition) is 2. The third-order valence-electron chi connectivity index (χ3n) is 3.66. The van der Waals surface area contributed by atoms with Crippen molar-refractivity contribution in [1.82, 2.24) is 5.32 Å². The fourth-order valence-electron chi connectivity index (χ4n) is 2.34. The number of carbonyl (C=O) groups excluding carboxylic acids is 1. The van der Waals surface area contributed by atoms with Gasteiger partial charge in [0.25, 0.3) is 5.91 Å². The van der Waals surface area contributed by atoms with Gasteiger partial charge in [0.05, 0.1) is 12.3 Å². The first-order valence-corrected chi connectivity index (χ1v) is 9.65. The number of nitrogens with one attached hydrogen (secondary N) is 2. The molecule has 24 heavy (non-hydrogen) atoms. The Labute approximate surface area is 143 Å². The molecule has 0 bridgehead atoms. The Kier molecular flexibility index (Phi) is 5.62. The fraction of sp³-hybridized carbons (Fsp3) is 0.278. The molecule has 0 aliphatic rings. The molecule has 2 N–H and O–H groups in total. The minimum Gasteiger partial charge on any atom is -0.346 e. The van der Waals surface area contributed by atoms with Gasteiger partial charge in [-0.05, 0) is 42.7 Å². The molecular weight excluding hydrogens is 324 g/mol. The summed E-state index contributed by atoms with van der Waals surface area (Å²) in [6, 6.07) is 14.4. The van der Waals surface area contributed by atoms with Gasteiger partial charge in [-0.2, -0.15) is 0 Å². The molecule has 0 aromatic heterocycles. The third-order valence-corrected chi connectivity index (χ3v) is 4.27. The van der Waals surface area contributed by atoms with Crippen LogP contribution in [0.25, 0.3) is 0 Å². The van der Waals surface area contributed by atoms with Crippen molar-refractivity contribution in [3.63, 3.8) is 0 Å². The number of carbonyl (C=O) groups is 1. The highest BCUT2D eigenvalue weighted by molar-refractivity contribution is 7.92. The van der Waals surface area contributed by atoms with Crippen LogP contribution < -0.4 is 10.0 Å². The van der Waals surface area contributed by atoms with E-state index in [1.54, 1.807) is 18.2 Å². The van der Waals surface area contributed by atoms with E-state index >= 15 is 0 Å². The van der Waals surface area contributed by atoms with Crippen LogP contribution in [0.15, 0.2) is 48.5 Å². The fourth-order valence-corrected chi connectivity index (χ4v) is 2.90. The normalized spacial score (nSPS) is 12.5. The molecule has 1 unspecified atom stereocenters. The number of rotatable bonds is 6. The second-order valence-electron chi connectivity index (χ2n) is 5.75. The minimum absolute atomic E-state index is 0.144. The van der Waals surface area contributed by atoms with Crippen molar-refractivity contribution in [2.75, 3.05) is 11.0 Å². The first-order chi connectivity index (χ1) is 11.3. The quantitative estimate of drug-likeness (QED) is 0.844. The average Bonchev–Trinajstić information content (AvgIpc) is 2.53. The van der Waals surface area contributed by atoms with Crippen LogP contribution in [0.3, 0.4) is 0 Å². The van der Waals surface area contributed by atoms with Crippen molar-refractivity contribution < 1.29 is 13.2 Å². The van der Waals surface area contributed by atoms with Gasteiger partial charge < -0.3 is 5.32 Å². The van der Waals surface area contributed by atoms with Gasteiger partial charge in [0.15, 0.2) is 0 Å². The lowest BCUT2D eigenvalue weighted by atomic mass is 10.0. The van der Waals surface area contributed by atoms with Crippen LogP contribution in [-0.4, -0.2) is 20.6 Å². The largest absolute Gasteiger partial charge is 0.346 e. The van der Waals surface area contributed by atoms with Crippen LogP contribution in [0.4, 0.5) is 5.69 Å². The zero-order valence-corrected chi connectivity index (χ0v) is 14.9. The summed E-state index contributed by atoms with van der Waals surface area (Å²) in [7, 11) is -3.37. The van der Waals surface area contributed by atoms with Gasteiger partial charge in [0.1, 0.15) is 0 Å². The van der Waals surface area contributed by atoms with E-state index < -0.39 is 10.0 Å². The highest BCUT2D eigenvalue weighted by Crippen LogP contribution is 2.16. The predicted octanol–water partition coefficient (Wildman–Crippen LogP) is 3.11. The molecule has 1 atom stereocenters. The molecule has 5 nitrogen and oxygen atoms in total. The summed E-state index contributed by atoms with van der Waals surface area (Å²) in [6.45, 7) is 4.01. The second kappa shape index (κ2) is 7.49. The first kappa shape index (κ1) is 18.0. The van der Waals surface area contributed by atoms with Crippen molar-refractivity contribution in [3.05, 3.63) is 65.2 Å². The topological polar surface area (TPSA) is 75.3 Å². The molecule has 0 radical (unpaired) electrons. The summed E-state index contributed by atoms with van der Waals surface area (Å²) in [5.41, 5.74) is 3.04. The van der Waals surface area contributed by atoms with Gasteiger partial charge in [-0.1, -0.05) is 37.3 Å². The van der Waals surface area contributed by atoms with Gasteiger partial charge >= 0.3 is 0 Å². The number of anilines is 1. The van der Waals surface area contributed by atoms with Crippen LogP contribution >= 0.6 is 0 Å². The summed E-state index contributed by atoms with van der Waals surface area (Å²) >= 11 is 0. The lowest BCUT2D eigenvalue weighted by Gasteiger charge is -2.15. The Morgan fingerprint density at radius 1 is 1.12 bits per heavy atom. The maximum Gasteiger partial charge on any atom is 0.251 e. The molecule has 6 heteroatoms. The number of amides is 1. The summed E-state index contributed by atoms with van der Waals surface area (Å²) in [5.74, 6) is -0.251. The Bertz CT molecular complexity index is 814. The molecule has 0 fully saturated rings. The molecule has 0 spiro atoms. The van der Waals surface area contributed by atoms with Crippen LogP contribution in [0.5, 0.6) is 0 Å². The van der Waals surface area contributed by atoms with E-state index in [2.05, 4.69) is 29.1 Å². The van der Waals surface area contributed by atoms with Crippen molar-refractivity contribution in [3.8, 4) is 0 Å². The molecule has 0 saturated carbocycles. The Morgan fingerprint density at radius 3 is 2.38 bits per heavy atom. The smallest absolute Gasteiger partial charge is 0.251 e. The lowest BCUT2D eigenvalue weighted by molar-refractivity contribution is 0.0940. The van der Waals surface area contributed by atoms with Crippen molar-refractivity contribution in [1.29, 1.82) is 0 Å². The van der Waals surface area contributed by atoms with Gasteiger partial charge in [-0.25, -0.2) is 8.42 Å². The van der Waals surface area contributed by atoms with Crippen molar-refractivity contribution in [2.45, 2.75) is 26.3 Å². The zero-order valence-electron chi connectivity index (χ0n) is 14.0. The number of hydrogen-bond acceptors (Lipinski definition) is 3. The molecule has 128 valence electrons. The van der Waals surface area contributed by atoms with E-state index in [9.17, 15) is 13.2 Å². The SMILES string of the molecule is CCc1ccc(C(C)NC(=O)c2cccc(NS(C)(=O)=O)c2)cc1.